The van der Waals surface area contributed by atoms with E-state index in [0.29, 0.717) is 23.7 Å². The summed E-state index contributed by atoms with van der Waals surface area (Å²) in [6.45, 7) is 6.31. The predicted octanol–water partition coefficient (Wildman–Crippen LogP) is 4.93. The summed E-state index contributed by atoms with van der Waals surface area (Å²) >= 11 is 0. The summed E-state index contributed by atoms with van der Waals surface area (Å²) in [5, 5.41) is 8.60. The van der Waals surface area contributed by atoms with Crippen LogP contribution in [0, 0.1) is 13.8 Å². The number of imidazole rings is 1. The molecule has 0 aliphatic heterocycles. The molecule has 6 heteroatoms. The van der Waals surface area contributed by atoms with Crippen LogP contribution in [0.4, 0.5) is 11.5 Å². The Labute approximate surface area is 146 Å². The maximum Gasteiger partial charge on any atom is 0.338 e. The molecule has 0 amide bonds. The lowest BCUT2D eigenvalue weighted by atomic mass is 10.2. The van der Waals surface area contributed by atoms with E-state index < -0.39 is 0 Å². The smallest absolute Gasteiger partial charge is 0.338 e. The van der Waals surface area contributed by atoms with E-state index in [-0.39, 0.29) is 5.97 Å². The monoisotopic (exact) mass is 336 g/mol. The van der Waals surface area contributed by atoms with E-state index in [9.17, 15) is 4.79 Å². The van der Waals surface area contributed by atoms with Gasteiger partial charge in [0.1, 0.15) is 5.65 Å². The predicted molar refractivity (Wildman–Crippen MR) is 95.9 cm³/mol. The quantitative estimate of drug-likeness (QED) is 0.490. The van der Waals surface area contributed by atoms with Gasteiger partial charge in [-0.3, -0.25) is 4.40 Å². The molecule has 3 aromatic rings. The van der Waals surface area contributed by atoms with E-state index in [0.717, 1.165) is 23.3 Å². The zero-order chi connectivity index (χ0) is 17.8. The van der Waals surface area contributed by atoms with Gasteiger partial charge in [-0.2, -0.15) is 0 Å². The van der Waals surface area contributed by atoms with Gasteiger partial charge in [0, 0.05) is 6.20 Å². The number of aryl methyl sites for hydroxylation is 2. The topological polar surface area (TPSA) is 68.3 Å². The zero-order valence-corrected chi connectivity index (χ0v) is 14.6. The molecule has 0 saturated heterocycles. The molecule has 6 nitrogen and oxygen atoms in total. The normalized spacial score (nSPS) is 11.3. The number of fused-ring (bicyclic) bond motifs is 1. The molecule has 2 heterocycles. The number of azo groups is 1. The van der Waals surface area contributed by atoms with Crippen LogP contribution < -0.4 is 0 Å². The molecule has 3 rings (SSSR count). The first-order chi connectivity index (χ1) is 12.1. The van der Waals surface area contributed by atoms with E-state index in [2.05, 4.69) is 15.2 Å². The van der Waals surface area contributed by atoms with E-state index in [1.165, 1.54) is 0 Å². The highest BCUT2D eigenvalue weighted by Crippen LogP contribution is 2.25. The number of rotatable bonds is 5. The summed E-state index contributed by atoms with van der Waals surface area (Å²) in [4.78, 5) is 16.3. The molecule has 0 saturated carbocycles. The summed E-state index contributed by atoms with van der Waals surface area (Å²) in [7, 11) is 0. The molecule has 25 heavy (non-hydrogen) atoms. The number of nitrogens with zero attached hydrogens (tertiary/aromatic N) is 4. The molecule has 0 aliphatic rings. The number of carbonyl (C=O) groups is 1. The fraction of sp³-hybridized carbons (Fsp3) is 0.263. The fourth-order valence-corrected chi connectivity index (χ4v) is 2.47. The maximum absolute atomic E-state index is 11.8. The van der Waals surface area contributed by atoms with E-state index >= 15 is 0 Å². The van der Waals surface area contributed by atoms with Crippen LogP contribution in [-0.4, -0.2) is 22.0 Å². The molecular weight excluding hydrogens is 316 g/mol. The number of ether oxygens (including phenoxy) is 1. The highest BCUT2D eigenvalue weighted by Gasteiger charge is 2.10. The van der Waals surface area contributed by atoms with E-state index in [1.54, 1.807) is 24.3 Å². The number of hydrogen-bond donors (Lipinski definition) is 0. The van der Waals surface area contributed by atoms with Gasteiger partial charge in [0.2, 0.25) is 0 Å². The molecule has 0 radical (unpaired) electrons. The second-order valence-electron chi connectivity index (χ2n) is 5.79. The Morgan fingerprint density at radius 3 is 2.64 bits per heavy atom. The lowest BCUT2D eigenvalue weighted by Crippen LogP contribution is -2.05. The fourth-order valence-electron chi connectivity index (χ4n) is 2.47. The zero-order valence-electron chi connectivity index (χ0n) is 14.6. The first-order valence-electron chi connectivity index (χ1n) is 8.23. The number of pyridine rings is 1. The number of hydrogen-bond acceptors (Lipinski definition) is 5. The third-order valence-electron chi connectivity index (χ3n) is 3.79. The highest BCUT2D eigenvalue weighted by molar-refractivity contribution is 5.89. The SMILES string of the molecule is CCCOC(=O)c1ccc(N=Nc2c(C)nc3c(C)cccn23)cc1. The van der Waals surface area contributed by atoms with Crippen LogP contribution in [0.15, 0.2) is 52.8 Å². The second-order valence-corrected chi connectivity index (χ2v) is 5.79. The minimum Gasteiger partial charge on any atom is -0.462 e. The van der Waals surface area contributed by atoms with Crippen LogP contribution in [0.25, 0.3) is 5.65 Å². The van der Waals surface area contributed by atoms with Gasteiger partial charge >= 0.3 is 5.97 Å². The summed E-state index contributed by atoms with van der Waals surface area (Å²) < 4.78 is 7.03. The highest BCUT2D eigenvalue weighted by atomic mass is 16.5. The van der Waals surface area contributed by atoms with Crippen molar-refractivity contribution in [3.8, 4) is 0 Å². The molecule has 0 bridgehead atoms. The summed E-state index contributed by atoms with van der Waals surface area (Å²) in [5.74, 6) is 0.378. The van der Waals surface area contributed by atoms with Crippen molar-refractivity contribution in [2.45, 2.75) is 27.2 Å². The Bertz CT molecular complexity index is 926. The van der Waals surface area contributed by atoms with Gasteiger partial charge < -0.3 is 4.74 Å². The van der Waals surface area contributed by atoms with Crippen LogP contribution in [-0.2, 0) is 4.74 Å². The average Bonchev–Trinajstić information content (AvgIpc) is 2.95. The number of aromatic nitrogens is 2. The molecule has 0 aliphatic carbocycles. The van der Waals surface area contributed by atoms with Crippen LogP contribution in [0.1, 0.15) is 35.0 Å². The number of benzene rings is 1. The summed E-state index contributed by atoms with van der Waals surface area (Å²) in [6, 6.07) is 10.8. The van der Waals surface area contributed by atoms with Crippen LogP contribution in [0.3, 0.4) is 0 Å². The largest absolute Gasteiger partial charge is 0.462 e. The molecule has 128 valence electrons. The van der Waals surface area contributed by atoms with E-state index in [4.69, 9.17) is 4.74 Å². The Hall–Kier alpha value is -3.02. The molecule has 0 fully saturated rings. The molecule has 2 aromatic heterocycles. The Kier molecular flexibility index (Phi) is 4.88. The second kappa shape index (κ2) is 7.25. The molecule has 0 spiro atoms. The summed E-state index contributed by atoms with van der Waals surface area (Å²) in [6.07, 6.45) is 2.72. The Morgan fingerprint density at radius 1 is 1.16 bits per heavy atom. The first kappa shape index (κ1) is 16.8. The molecule has 0 unspecified atom stereocenters. The van der Waals surface area contributed by atoms with Crippen LogP contribution in [0.2, 0.25) is 0 Å². The van der Waals surface area contributed by atoms with Crippen molar-refractivity contribution in [2.75, 3.05) is 6.61 Å². The first-order valence-corrected chi connectivity index (χ1v) is 8.23. The molecule has 1 aromatic carbocycles. The standard InChI is InChI=1S/C19H20N4O2/c1-4-12-25-19(24)15-7-9-16(10-8-15)21-22-18-14(3)20-17-13(2)6-5-11-23(17)18/h5-11H,4,12H2,1-3H3. The van der Waals surface area contributed by atoms with Gasteiger partial charge in [-0.15, -0.1) is 10.2 Å². The summed E-state index contributed by atoms with van der Waals surface area (Å²) in [5.41, 5.74) is 3.95. The Morgan fingerprint density at radius 2 is 1.92 bits per heavy atom. The minimum absolute atomic E-state index is 0.321. The lowest BCUT2D eigenvalue weighted by molar-refractivity contribution is 0.0505. The van der Waals surface area contributed by atoms with Gasteiger partial charge in [-0.25, -0.2) is 9.78 Å². The molecule has 0 atom stereocenters. The van der Waals surface area contributed by atoms with Crippen molar-refractivity contribution in [1.82, 2.24) is 9.38 Å². The van der Waals surface area contributed by atoms with E-state index in [1.807, 2.05) is 43.5 Å². The van der Waals surface area contributed by atoms with Crippen molar-refractivity contribution >= 4 is 23.1 Å². The number of carbonyl (C=O) groups excluding carboxylic acids is 1. The van der Waals surface area contributed by atoms with Crippen LogP contribution in [0.5, 0.6) is 0 Å². The lowest BCUT2D eigenvalue weighted by Gasteiger charge is -2.02. The maximum atomic E-state index is 11.8. The van der Waals surface area contributed by atoms with Gasteiger partial charge in [0.25, 0.3) is 0 Å². The van der Waals surface area contributed by atoms with Crippen molar-refractivity contribution in [1.29, 1.82) is 0 Å². The van der Waals surface area contributed by atoms with Crippen LogP contribution >= 0.6 is 0 Å². The van der Waals surface area contributed by atoms with Gasteiger partial charge in [-0.05, 0) is 56.2 Å². The van der Waals surface area contributed by atoms with Gasteiger partial charge in [-0.1, -0.05) is 13.0 Å². The van der Waals surface area contributed by atoms with Crippen molar-refractivity contribution < 1.29 is 9.53 Å². The third-order valence-corrected chi connectivity index (χ3v) is 3.79. The Balaban J connectivity index is 1.82. The van der Waals surface area contributed by atoms with Crippen molar-refractivity contribution in [3.05, 3.63) is 59.4 Å². The average molecular weight is 336 g/mol. The van der Waals surface area contributed by atoms with Gasteiger partial charge in [0.15, 0.2) is 5.82 Å². The van der Waals surface area contributed by atoms with Crippen molar-refractivity contribution in [2.24, 2.45) is 10.2 Å². The number of esters is 1. The van der Waals surface area contributed by atoms with Gasteiger partial charge in [0.05, 0.1) is 23.6 Å². The molecule has 0 N–H and O–H groups in total. The minimum atomic E-state index is -0.321. The molecular formula is C19H20N4O2. The van der Waals surface area contributed by atoms with Crippen molar-refractivity contribution in [3.63, 3.8) is 0 Å². The third kappa shape index (κ3) is 3.57.